The average molecular weight is 436 g/mol. The number of hydrogen-bond acceptors (Lipinski definition) is 6. The topological polar surface area (TPSA) is 62.7 Å². The van der Waals surface area contributed by atoms with Crippen molar-refractivity contribution in [2.24, 2.45) is 5.92 Å². The molecule has 0 unspecified atom stereocenters. The van der Waals surface area contributed by atoms with Crippen LogP contribution in [0.5, 0.6) is 0 Å². The van der Waals surface area contributed by atoms with Crippen LogP contribution in [0, 0.1) is 5.92 Å². The summed E-state index contributed by atoms with van der Waals surface area (Å²) in [5.41, 5.74) is 4.48. The Morgan fingerprint density at radius 2 is 1.81 bits per heavy atom. The molecular weight excluding hydrogens is 410 g/mol. The summed E-state index contributed by atoms with van der Waals surface area (Å²) >= 11 is 1.59. The predicted molar refractivity (Wildman–Crippen MR) is 124 cm³/mol. The number of hydrogen-bond donors (Lipinski definition) is 0. The number of carbonyl (C=O) groups is 2. The molecule has 6 nitrogen and oxygen atoms in total. The number of anilines is 2. The van der Waals surface area contributed by atoms with Gasteiger partial charge in [0.25, 0.3) is 0 Å². The molecule has 1 aromatic heterocycles. The molecule has 2 aromatic carbocycles. The first kappa shape index (κ1) is 21.1. The Labute approximate surface area is 186 Å². The predicted octanol–water partition coefficient (Wildman–Crippen LogP) is 4.61. The van der Waals surface area contributed by atoms with Crippen molar-refractivity contribution in [1.82, 2.24) is 4.98 Å². The van der Waals surface area contributed by atoms with Crippen molar-refractivity contribution >= 4 is 34.6 Å². The number of methoxy groups -OCH3 is 1. The van der Waals surface area contributed by atoms with Crippen LogP contribution in [0.15, 0.2) is 53.9 Å². The Balaban J connectivity index is 1.58. The molecule has 7 heteroatoms. The first-order valence-electron chi connectivity index (χ1n) is 10.2. The molecule has 4 rings (SSSR count). The van der Waals surface area contributed by atoms with Gasteiger partial charge in [-0.15, -0.1) is 11.3 Å². The lowest BCUT2D eigenvalue weighted by molar-refractivity contribution is -0.116. The molecule has 3 aromatic rings. The van der Waals surface area contributed by atoms with Crippen molar-refractivity contribution in [2.75, 3.05) is 30.0 Å². The molecule has 1 atom stereocenters. The number of rotatable bonds is 4. The number of para-hydroxylation sites is 2. The molecule has 0 saturated heterocycles. The van der Waals surface area contributed by atoms with E-state index in [1.165, 1.54) is 7.11 Å². The summed E-state index contributed by atoms with van der Waals surface area (Å²) in [6.45, 7) is 6.02. The van der Waals surface area contributed by atoms with Gasteiger partial charge in [0.05, 0.1) is 36.3 Å². The summed E-state index contributed by atoms with van der Waals surface area (Å²) in [5.74, 6) is 0.0488. The lowest BCUT2D eigenvalue weighted by Gasteiger charge is -2.25. The van der Waals surface area contributed by atoms with Crippen LogP contribution >= 0.6 is 11.3 Å². The summed E-state index contributed by atoms with van der Waals surface area (Å²) in [4.78, 5) is 32.9. The van der Waals surface area contributed by atoms with Gasteiger partial charge in [0.2, 0.25) is 5.91 Å². The minimum Gasteiger partial charge on any atom is -0.465 e. The van der Waals surface area contributed by atoms with E-state index in [0.29, 0.717) is 24.6 Å². The minimum atomic E-state index is -0.347. The zero-order valence-electron chi connectivity index (χ0n) is 17.9. The number of fused-ring (bicyclic) bond motifs is 1. The number of aromatic nitrogens is 1. The van der Waals surface area contributed by atoms with Crippen molar-refractivity contribution in [3.63, 3.8) is 0 Å². The van der Waals surface area contributed by atoms with Gasteiger partial charge in [0.1, 0.15) is 5.01 Å². The molecule has 160 valence electrons. The lowest BCUT2D eigenvalue weighted by Crippen LogP contribution is -2.33. The summed E-state index contributed by atoms with van der Waals surface area (Å²) in [6.07, 6.45) is 0. The van der Waals surface area contributed by atoms with E-state index in [0.717, 1.165) is 34.2 Å². The second-order valence-electron chi connectivity index (χ2n) is 7.82. The molecule has 0 spiro atoms. The zero-order valence-corrected chi connectivity index (χ0v) is 18.7. The molecule has 0 aliphatic carbocycles. The van der Waals surface area contributed by atoms with Crippen LogP contribution in [-0.4, -0.2) is 37.1 Å². The number of carbonyl (C=O) groups excluding carboxylic acids is 2. The van der Waals surface area contributed by atoms with Gasteiger partial charge in [-0.05, 0) is 30.2 Å². The van der Waals surface area contributed by atoms with E-state index in [4.69, 9.17) is 9.72 Å². The number of benzene rings is 2. The third kappa shape index (κ3) is 4.46. The van der Waals surface area contributed by atoms with Gasteiger partial charge in [0.15, 0.2) is 0 Å². The maximum absolute atomic E-state index is 12.2. The van der Waals surface area contributed by atoms with Gasteiger partial charge in [-0.3, -0.25) is 4.79 Å². The standard InChI is InChI=1S/C24H25N3O3S/c1-16-12-26(21-6-4-5-7-22(21)27(13-16)17(2)28)14-20-15-31-23(25-20)18-8-10-19(11-9-18)24(29)30-3/h4-11,15-16H,12-14H2,1-3H3/t16-/m0/s1. The van der Waals surface area contributed by atoms with E-state index in [1.807, 2.05) is 35.2 Å². The quantitative estimate of drug-likeness (QED) is 0.560. The largest absolute Gasteiger partial charge is 0.465 e. The zero-order chi connectivity index (χ0) is 22.0. The smallest absolute Gasteiger partial charge is 0.337 e. The number of nitrogens with zero attached hydrogens (tertiary/aromatic N) is 3. The Kier molecular flexibility index (Phi) is 6.04. The molecule has 0 N–H and O–H groups in total. The SMILES string of the molecule is COC(=O)c1ccc(-c2nc(CN3C[C@H](C)CN(C(C)=O)c4ccccc43)cs2)cc1. The van der Waals surface area contributed by atoms with Gasteiger partial charge in [-0.25, -0.2) is 9.78 Å². The monoisotopic (exact) mass is 435 g/mol. The summed E-state index contributed by atoms with van der Waals surface area (Å²) in [7, 11) is 1.38. The first-order valence-corrected chi connectivity index (χ1v) is 11.1. The molecular formula is C24H25N3O3S. The van der Waals surface area contributed by atoms with E-state index in [9.17, 15) is 9.59 Å². The molecule has 1 aliphatic rings. The molecule has 0 radical (unpaired) electrons. The molecule has 31 heavy (non-hydrogen) atoms. The first-order chi connectivity index (χ1) is 15.0. The number of amides is 1. The van der Waals surface area contributed by atoms with Crippen molar-refractivity contribution in [1.29, 1.82) is 0 Å². The van der Waals surface area contributed by atoms with Crippen LogP contribution in [0.1, 0.15) is 29.9 Å². The summed E-state index contributed by atoms with van der Waals surface area (Å²) < 4.78 is 4.76. The van der Waals surface area contributed by atoms with Crippen molar-refractivity contribution in [2.45, 2.75) is 20.4 Å². The fourth-order valence-electron chi connectivity index (χ4n) is 3.92. The van der Waals surface area contributed by atoms with Gasteiger partial charge in [-0.1, -0.05) is 31.2 Å². The van der Waals surface area contributed by atoms with E-state index in [-0.39, 0.29) is 11.9 Å². The van der Waals surface area contributed by atoms with Gasteiger partial charge < -0.3 is 14.5 Å². The number of ether oxygens (including phenoxy) is 1. The van der Waals surface area contributed by atoms with Crippen LogP contribution in [0.25, 0.3) is 10.6 Å². The Morgan fingerprint density at radius 1 is 1.10 bits per heavy atom. The fraction of sp³-hybridized carbons (Fsp3) is 0.292. The molecule has 1 aliphatic heterocycles. The van der Waals surface area contributed by atoms with E-state index >= 15 is 0 Å². The van der Waals surface area contributed by atoms with Crippen LogP contribution in [0.3, 0.4) is 0 Å². The highest BCUT2D eigenvalue weighted by molar-refractivity contribution is 7.13. The normalized spacial score (nSPS) is 15.9. The second kappa shape index (κ2) is 8.89. The van der Waals surface area contributed by atoms with Gasteiger partial charge in [0, 0.05) is 31.0 Å². The maximum atomic E-state index is 12.2. The molecule has 0 saturated carbocycles. The van der Waals surface area contributed by atoms with Crippen LogP contribution in [0.4, 0.5) is 11.4 Å². The van der Waals surface area contributed by atoms with E-state index in [2.05, 4.69) is 23.3 Å². The molecule has 2 heterocycles. The maximum Gasteiger partial charge on any atom is 0.337 e. The Hall–Kier alpha value is -3.19. The van der Waals surface area contributed by atoms with E-state index in [1.54, 1.807) is 30.4 Å². The number of esters is 1. The Morgan fingerprint density at radius 3 is 2.48 bits per heavy atom. The molecule has 0 bridgehead atoms. The highest BCUT2D eigenvalue weighted by Gasteiger charge is 2.26. The lowest BCUT2D eigenvalue weighted by atomic mass is 10.1. The fourth-order valence-corrected chi connectivity index (χ4v) is 4.74. The van der Waals surface area contributed by atoms with Crippen molar-refractivity contribution in [3.8, 4) is 10.6 Å². The molecule has 0 fully saturated rings. The van der Waals surface area contributed by atoms with Crippen molar-refractivity contribution < 1.29 is 14.3 Å². The average Bonchev–Trinajstić information content (AvgIpc) is 3.19. The Bertz CT molecular complexity index is 1090. The highest BCUT2D eigenvalue weighted by Crippen LogP contribution is 2.35. The van der Waals surface area contributed by atoms with E-state index < -0.39 is 0 Å². The van der Waals surface area contributed by atoms with Crippen molar-refractivity contribution in [3.05, 3.63) is 65.2 Å². The van der Waals surface area contributed by atoms with Gasteiger partial charge >= 0.3 is 5.97 Å². The third-order valence-corrected chi connectivity index (χ3v) is 6.32. The van der Waals surface area contributed by atoms with Crippen LogP contribution in [-0.2, 0) is 16.1 Å². The third-order valence-electron chi connectivity index (χ3n) is 5.38. The molecule has 1 amide bonds. The second-order valence-corrected chi connectivity index (χ2v) is 8.68. The van der Waals surface area contributed by atoms with Gasteiger partial charge in [-0.2, -0.15) is 0 Å². The summed E-state index contributed by atoms with van der Waals surface area (Å²) in [6, 6.07) is 15.4. The summed E-state index contributed by atoms with van der Waals surface area (Å²) in [5, 5.41) is 2.98. The highest BCUT2D eigenvalue weighted by atomic mass is 32.1. The van der Waals surface area contributed by atoms with Crippen LogP contribution < -0.4 is 9.80 Å². The minimum absolute atomic E-state index is 0.0625. The van der Waals surface area contributed by atoms with Crippen LogP contribution in [0.2, 0.25) is 0 Å². The number of thiazole rings is 1.